The monoisotopic (exact) mass is 427 g/mol. The number of ether oxygens (including phenoxy) is 2. The van der Waals surface area contributed by atoms with E-state index in [1.165, 1.54) is 19.1 Å². The van der Waals surface area contributed by atoms with Crippen LogP contribution in [0.1, 0.15) is 16.7 Å². The van der Waals surface area contributed by atoms with Crippen molar-refractivity contribution in [3.8, 4) is 11.5 Å². The number of anilines is 1. The lowest BCUT2D eigenvalue weighted by Gasteiger charge is -2.30. The normalized spacial score (nSPS) is 13.6. The number of rotatable bonds is 5. The third-order valence-electron chi connectivity index (χ3n) is 4.82. The van der Waals surface area contributed by atoms with Crippen LogP contribution in [0.5, 0.6) is 11.5 Å². The van der Waals surface area contributed by atoms with Gasteiger partial charge in [0.1, 0.15) is 0 Å². The van der Waals surface area contributed by atoms with Crippen LogP contribution in [0, 0.1) is 20.2 Å². The first-order valence-corrected chi connectivity index (χ1v) is 8.59. The zero-order valence-corrected chi connectivity index (χ0v) is 15.9. The van der Waals surface area contributed by atoms with E-state index in [4.69, 9.17) is 9.47 Å². The van der Waals surface area contributed by atoms with Crippen LogP contribution in [-0.4, -0.2) is 30.6 Å². The van der Waals surface area contributed by atoms with Gasteiger partial charge in [-0.05, 0) is 29.7 Å². The highest BCUT2D eigenvalue weighted by Gasteiger charge is 2.39. The van der Waals surface area contributed by atoms with Crippen LogP contribution in [0.3, 0.4) is 0 Å². The minimum atomic E-state index is -4.97. The number of alkyl halides is 3. The molecule has 0 unspecified atom stereocenters. The van der Waals surface area contributed by atoms with Crippen LogP contribution in [-0.2, 0) is 19.1 Å². The first-order chi connectivity index (χ1) is 14.1. The smallest absolute Gasteiger partial charge is 0.416 e. The van der Waals surface area contributed by atoms with Gasteiger partial charge in [-0.2, -0.15) is 13.2 Å². The molecule has 12 heteroatoms. The summed E-state index contributed by atoms with van der Waals surface area (Å²) in [5.74, 6) is 0.880. The summed E-state index contributed by atoms with van der Waals surface area (Å²) in [6.45, 7) is 0.151. The van der Waals surface area contributed by atoms with Crippen LogP contribution in [0.25, 0.3) is 0 Å². The van der Waals surface area contributed by atoms with Crippen LogP contribution in [0.4, 0.5) is 30.2 Å². The van der Waals surface area contributed by atoms with Crippen LogP contribution in [0.15, 0.2) is 24.3 Å². The molecule has 0 N–H and O–H groups in total. The van der Waals surface area contributed by atoms with E-state index >= 15 is 0 Å². The number of nitro benzene ring substituents is 2. The molecule has 0 amide bonds. The summed E-state index contributed by atoms with van der Waals surface area (Å²) in [6.07, 6.45) is -4.61. The van der Waals surface area contributed by atoms with Gasteiger partial charge in [0.05, 0.1) is 29.6 Å². The van der Waals surface area contributed by atoms with Gasteiger partial charge in [0.25, 0.3) is 11.4 Å². The van der Waals surface area contributed by atoms with Crippen LogP contribution >= 0.6 is 0 Å². The number of fused-ring (bicyclic) bond motifs is 1. The van der Waals surface area contributed by atoms with E-state index < -0.39 is 38.6 Å². The Bertz CT molecular complexity index is 990. The molecule has 0 atom stereocenters. The Balaban J connectivity index is 2.14. The standard InChI is InChI=1S/C18H16F3N3O6/c1-29-15-5-10-3-4-22(9-11(10)6-16(15)30-2)17-13(23(25)26)7-12(18(19,20)21)8-14(17)24(27)28/h5-8H,3-4,9H2,1-2H3. The average molecular weight is 427 g/mol. The molecule has 0 bridgehead atoms. The molecule has 2 aromatic rings. The molecule has 30 heavy (non-hydrogen) atoms. The summed E-state index contributed by atoms with van der Waals surface area (Å²) < 4.78 is 49.8. The Labute approximate surface area is 167 Å². The summed E-state index contributed by atoms with van der Waals surface area (Å²) in [4.78, 5) is 22.3. The Hall–Kier alpha value is -3.57. The summed E-state index contributed by atoms with van der Waals surface area (Å²) in [5, 5.41) is 23.0. The summed E-state index contributed by atoms with van der Waals surface area (Å²) >= 11 is 0. The molecule has 0 saturated carbocycles. The number of halogens is 3. The van der Waals surface area contributed by atoms with E-state index in [0.717, 1.165) is 5.56 Å². The fourth-order valence-corrected chi connectivity index (χ4v) is 3.44. The Morgan fingerprint density at radius 3 is 1.87 bits per heavy atom. The first-order valence-electron chi connectivity index (χ1n) is 8.59. The predicted octanol–water partition coefficient (Wildman–Crippen LogP) is 4.10. The first kappa shape index (κ1) is 21.1. The minimum absolute atomic E-state index is 0.0166. The van der Waals surface area contributed by atoms with Gasteiger partial charge in [0.15, 0.2) is 17.2 Å². The second-order valence-electron chi connectivity index (χ2n) is 6.52. The molecule has 0 radical (unpaired) electrons. The van der Waals surface area contributed by atoms with Crippen molar-refractivity contribution in [2.24, 2.45) is 0 Å². The number of hydrogen-bond donors (Lipinski definition) is 0. The van der Waals surface area contributed by atoms with E-state index in [9.17, 15) is 33.4 Å². The zero-order valence-electron chi connectivity index (χ0n) is 15.9. The number of nitrogens with zero attached hydrogens (tertiary/aromatic N) is 3. The van der Waals surface area contributed by atoms with E-state index in [1.807, 2.05) is 0 Å². The van der Waals surface area contributed by atoms with Gasteiger partial charge in [0, 0.05) is 25.2 Å². The number of nitro groups is 2. The largest absolute Gasteiger partial charge is 0.493 e. The molecule has 160 valence electrons. The lowest BCUT2D eigenvalue weighted by molar-refractivity contribution is -0.393. The molecular formula is C18H16F3N3O6. The Morgan fingerprint density at radius 1 is 0.933 bits per heavy atom. The highest BCUT2D eigenvalue weighted by atomic mass is 19.4. The maximum atomic E-state index is 13.1. The fourth-order valence-electron chi connectivity index (χ4n) is 3.44. The predicted molar refractivity (Wildman–Crippen MR) is 99.1 cm³/mol. The van der Waals surface area contributed by atoms with E-state index in [2.05, 4.69) is 0 Å². The zero-order chi connectivity index (χ0) is 22.2. The molecule has 0 aromatic heterocycles. The molecule has 0 fully saturated rings. The topological polar surface area (TPSA) is 108 Å². The summed E-state index contributed by atoms with van der Waals surface area (Å²) in [7, 11) is 2.89. The summed E-state index contributed by atoms with van der Waals surface area (Å²) in [6, 6.07) is 4.03. The maximum absolute atomic E-state index is 13.1. The quantitative estimate of drug-likeness (QED) is 0.522. The van der Waals surface area contributed by atoms with Crippen molar-refractivity contribution >= 4 is 17.1 Å². The third kappa shape index (κ3) is 3.80. The van der Waals surface area contributed by atoms with Crippen molar-refractivity contribution in [1.29, 1.82) is 0 Å². The number of hydrogen-bond acceptors (Lipinski definition) is 7. The third-order valence-corrected chi connectivity index (χ3v) is 4.82. The van der Waals surface area contributed by atoms with Crippen molar-refractivity contribution in [1.82, 2.24) is 0 Å². The van der Waals surface area contributed by atoms with Gasteiger partial charge in [-0.25, -0.2) is 0 Å². The van der Waals surface area contributed by atoms with Crippen molar-refractivity contribution in [2.75, 3.05) is 25.7 Å². The Kier molecular flexibility index (Phi) is 5.42. The van der Waals surface area contributed by atoms with Gasteiger partial charge in [-0.3, -0.25) is 20.2 Å². The maximum Gasteiger partial charge on any atom is 0.416 e. The molecule has 9 nitrogen and oxygen atoms in total. The lowest BCUT2D eigenvalue weighted by atomic mass is 9.97. The number of methoxy groups -OCH3 is 2. The second-order valence-corrected chi connectivity index (χ2v) is 6.52. The van der Waals surface area contributed by atoms with Crippen molar-refractivity contribution in [2.45, 2.75) is 19.1 Å². The SMILES string of the molecule is COc1cc2c(cc1OC)CN(c1c([N+](=O)[O-])cc(C(F)(F)F)cc1[N+](=O)[O-])CC2. The number of benzene rings is 2. The molecule has 0 spiro atoms. The van der Waals surface area contributed by atoms with Gasteiger partial charge in [0.2, 0.25) is 0 Å². The minimum Gasteiger partial charge on any atom is -0.493 e. The van der Waals surface area contributed by atoms with Gasteiger partial charge >= 0.3 is 6.18 Å². The van der Waals surface area contributed by atoms with Crippen LogP contribution < -0.4 is 14.4 Å². The van der Waals surface area contributed by atoms with Gasteiger partial charge in [-0.15, -0.1) is 0 Å². The fraction of sp³-hybridized carbons (Fsp3) is 0.333. The van der Waals surface area contributed by atoms with E-state index in [0.29, 0.717) is 35.6 Å². The lowest BCUT2D eigenvalue weighted by Crippen LogP contribution is -2.31. The summed E-state index contributed by atoms with van der Waals surface area (Å²) in [5.41, 5.74) is -2.34. The van der Waals surface area contributed by atoms with Crippen molar-refractivity contribution in [3.05, 3.63) is 61.2 Å². The Morgan fingerprint density at radius 2 is 1.43 bits per heavy atom. The molecule has 0 saturated heterocycles. The highest BCUT2D eigenvalue weighted by molar-refractivity contribution is 5.77. The molecule has 1 aliphatic heterocycles. The van der Waals surface area contributed by atoms with Crippen molar-refractivity contribution in [3.63, 3.8) is 0 Å². The average Bonchev–Trinajstić information content (AvgIpc) is 2.70. The molecular weight excluding hydrogens is 411 g/mol. The molecule has 1 heterocycles. The second kappa shape index (κ2) is 7.69. The van der Waals surface area contributed by atoms with Crippen LogP contribution in [0.2, 0.25) is 0 Å². The van der Waals surface area contributed by atoms with E-state index in [-0.39, 0.29) is 13.1 Å². The van der Waals surface area contributed by atoms with Gasteiger partial charge < -0.3 is 14.4 Å². The highest BCUT2D eigenvalue weighted by Crippen LogP contribution is 2.45. The van der Waals surface area contributed by atoms with Gasteiger partial charge in [-0.1, -0.05) is 0 Å². The molecule has 2 aromatic carbocycles. The molecule has 0 aliphatic carbocycles. The molecule has 3 rings (SSSR count). The van der Waals surface area contributed by atoms with Crippen molar-refractivity contribution < 1.29 is 32.5 Å². The van der Waals surface area contributed by atoms with E-state index in [1.54, 1.807) is 12.1 Å². The molecule has 1 aliphatic rings.